The largest absolute Gasteiger partial charge is 0.493 e. The molecule has 8 heteroatoms. The average molecular weight is 462 g/mol. The average Bonchev–Trinajstić information content (AvgIpc) is 3.21. The number of carbonyl (C=O) groups is 1. The van der Waals surface area contributed by atoms with Gasteiger partial charge < -0.3 is 19.2 Å². The first-order chi connectivity index (χ1) is 15.9. The monoisotopic (exact) mass is 461 g/mol. The SMILES string of the molecule is COc1ccc(C(=O)NC(=S)Nc2ccc(Cc3nc4cc(C)ccc4o3)cc2)cc1OC. The summed E-state index contributed by atoms with van der Waals surface area (Å²) in [6, 6.07) is 18.5. The lowest BCUT2D eigenvalue weighted by molar-refractivity contribution is 0.0977. The summed E-state index contributed by atoms with van der Waals surface area (Å²) in [7, 11) is 3.05. The molecule has 1 amide bonds. The first-order valence-electron chi connectivity index (χ1n) is 10.2. The van der Waals surface area contributed by atoms with Gasteiger partial charge in [-0.15, -0.1) is 0 Å². The number of rotatable bonds is 6. The van der Waals surface area contributed by atoms with Crippen molar-refractivity contribution in [3.63, 3.8) is 0 Å². The number of thiocarbonyl (C=S) groups is 1. The van der Waals surface area contributed by atoms with Gasteiger partial charge in [0.15, 0.2) is 28.1 Å². The summed E-state index contributed by atoms with van der Waals surface area (Å²) in [5, 5.41) is 5.88. The van der Waals surface area contributed by atoms with Crippen LogP contribution in [0.3, 0.4) is 0 Å². The maximum atomic E-state index is 12.5. The molecule has 0 radical (unpaired) electrons. The molecule has 3 aromatic carbocycles. The minimum atomic E-state index is -0.351. The molecule has 0 spiro atoms. The van der Waals surface area contributed by atoms with Crippen LogP contribution in [-0.2, 0) is 6.42 Å². The molecule has 4 rings (SSSR count). The molecule has 0 saturated heterocycles. The molecule has 0 aliphatic carbocycles. The smallest absolute Gasteiger partial charge is 0.257 e. The summed E-state index contributed by atoms with van der Waals surface area (Å²) in [6.07, 6.45) is 0.578. The van der Waals surface area contributed by atoms with E-state index in [1.54, 1.807) is 18.2 Å². The molecule has 2 N–H and O–H groups in total. The van der Waals surface area contributed by atoms with Crippen LogP contribution < -0.4 is 20.1 Å². The molecule has 0 bridgehead atoms. The van der Waals surface area contributed by atoms with Crippen LogP contribution in [0.5, 0.6) is 11.5 Å². The summed E-state index contributed by atoms with van der Waals surface area (Å²) >= 11 is 5.28. The minimum Gasteiger partial charge on any atom is -0.493 e. The van der Waals surface area contributed by atoms with Crippen molar-refractivity contribution >= 4 is 40.0 Å². The summed E-state index contributed by atoms with van der Waals surface area (Å²) in [5.74, 6) is 1.32. The fraction of sp³-hybridized carbons (Fsp3) is 0.160. The van der Waals surface area contributed by atoms with Gasteiger partial charge in [-0.3, -0.25) is 10.1 Å². The van der Waals surface area contributed by atoms with E-state index < -0.39 is 0 Å². The zero-order valence-corrected chi connectivity index (χ0v) is 19.3. The number of hydrogen-bond donors (Lipinski definition) is 2. The number of nitrogens with zero attached hydrogens (tertiary/aromatic N) is 1. The van der Waals surface area contributed by atoms with Crippen LogP contribution in [0.4, 0.5) is 5.69 Å². The van der Waals surface area contributed by atoms with Crippen LogP contribution >= 0.6 is 12.2 Å². The fourth-order valence-electron chi connectivity index (χ4n) is 3.36. The van der Waals surface area contributed by atoms with E-state index in [0.717, 1.165) is 27.9 Å². The number of benzene rings is 3. The van der Waals surface area contributed by atoms with Gasteiger partial charge >= 0.3 is 0 Å². The van der Waals surface area contributed by atoms with Crippen molar-refractivity contribution in [1.29, 1.82) is 0 Å². The second-order valence-corrected chi connectivity index (χ2v) is 7.84. The van der Waals surface area contributed by atoms with Crippen molar-refractivity contribution in [2.45, 2.75) is 13.3 Å². The highest BCUT2D eigenvalue weighted by molar-refractivity contribution is 7.80. The minimum absolute atomic E-state index is 0.192. The number of anilines is 1. The Bertz CT molecular complexity index is 1320. The molecule has 4 aromatic rings. The van der Waals surface area contributed by atoms with Gasteiger partial charge in [0.1, 0.15) is 5.52 Å². The third kappa shape index (κ3) is 5.30. The Morgan fingerprint density at radius 2 is 1.76 bits per heavy atom. The molecule has 0 saturated carbocycles. The topological polar surface area (TPSA) is 85.6 Å². The lowest BCUT2D eigenvalue weighted by Gasteiger charge is -2.12. The van der Waals surface area contributed by atoms with E-state index in [2.05, 4.69) is 15.6 Å². The Labute approximate surface area is 196 Å². The van der Waals surface area contributed by atoms with Crippen molar-refractivity contribution in [2.24, 2.45) is 0 Å². The highest BCUT2D eigenvalue weighted by atomic mass is 32.1. The van der Waals surface area contributed by atoms with Crippen LogP contribution in [0, 0.1) is 6.92 Å². The quantitative estimate of drug-likeness (QED) is 0.396. The summed E-state index contributed by atoms with van der Waals surface area (Å²) in [5.41, 5.74) is 4.99. The Hall–Kier alpha value is -3.91. The maximum Gasteiger partial charge on any atom is 0.257 e. The van der Waals surface area contributed by atoms with Crippen LogP contribution in [-0.4, -0.2) is 30.2 Å². The summed E-state index contributed by atoms with van der Waals surface area (Å²) in [4.78, 5) is 17.1. The van der Waals surface area contributed by atoms with Crippen LogP contribution in [0.25, 0.3) is 11.1 Å². The number of oxazole rings is 1. The number of carbonyl (C=O) groups excluding carboxylic acids is 1. The molecule has 0 atom stereocenters. The molecule has 1 heterocycles. The number of methoxy groups -OCH3 is 2. The molecule has 0 aliphatic heterocycles. The lowest BCUT2D eigenvalue weighted by Crippen LogP contribution is -2.34. The first kappa shape index (κ1) is 22.3. The molecule has 33 heavy (non-hydrogen) atoms. The normalized spacial score (nSPS) is 10.6. The van der Waals surface area contributed by atoms with Crippen LogP contribution in [0.15, 0.2) is 65.1 Å². The highest BCUT2D eigenvalue weighted by Gasteiger charge is 2.12. The zero-order chi connectivity index (χ0) is 23.4. The molecule has 0 fully saturated rings. The van der Waals surface area contributed by atoms with Crippen LogP contribution in [0.2, 0.25) is 0 Å². The van der Waals surface area contributed by atoms with Gasteiger partial charge in [-0.2, -0.15) is 0 Å². The van der Waals surface area contributed by atoms with E-state index >= 15 is 0 Å². The molecule has 7 nitrogen and oxygen atoms in total. The van der Waals surface area contributed by atoms with Crippen molar-refractivity contribution < 1.29 is 18.7 Å². The number of nitrogens with one attached hydrogen (secondary N) is 2. The Balaban J connectivity index is 1.36. The maximum absolute atomic E-state index is 12.5. The zero-order valence-electron chi connectivity index (χ0n) is 18.5. The van der Waals surface area contributed by atoms with Gasteiger partial charge in [0, 0.05) is 17.7 Å². The molecule has 0 unspecified atom stereocenters. The number of aryl methyl sites for hydroxylation is 1. The molecule has 0 aliphatic rings. The van der Waals surface area contributed by atoms with E-state index in [4.69, 9.17) is 26.1 Å². The Morgan fingerprint density at radius 3 is 2.48 bits per heavy atom. The van der Waals surface area contributed by atoms with Gasteiger partial charge in [-0.05, 0) is 72.7 Å². The molecule has 168 valence electrons. The van der Waals surface area contributed by atoms with E-state index in [9.17, 15) is 4.79 Å². The molecular formula is C25H23N3O4S. The third-order valence-electron chi connectivity index (χ3n) is 5.03. The number of amides is 1. The van der Waals surface area contributed by atoms with E-state index in [1.165, 1.54) is 14.2 Å². The van der Waals surface area contributed by atoms with Gasteiger partial charge in [-0.25, -0.2) is 4.98 Å². The second kappa shape index (κ2) is 9.70. The highest BCUT2D eigenvalue weighted by Crippen LogP contribution is 2.27. The summed E-state index contributed by atoms with van der Waals surface area (Å²) < 4.78 is 16.3. The number of aromatic nitrogens is 1. The number of hydrogen-bond acceptors (Lipinski definition) is 6. The van der Waals surface area contributed by atoms with E-state index in [0.29, 0.717) is 29.4 Å². The van der Waals surface area contributed by atoms with Crippen molar-refractivity contribution in [3.05, 3.63) is 83.2 Å². The number of ether oxygens (including phenoxy) is 2. The van der Waals surface area contributed by atoms with Gasteiger partial charge in [0.2, 0.25) is 0 Å². The fourth-order valence-corrected chi connectivity index (χ4v) is 3.57. The standard InChI is InChI=1S/C25H23N3O4S/c1-15-4-10-20-19(12-15)27-23(32-20)13-16-5-8-18(9-6-16)26-25(33)28-24(29)17-7-11-21(30-2)22(14-17)31-3/h4-12,14H,13H2,1-3H3,(H2,26,28,29,33). The molecular weight excluding hydrogens is 438 g/mol. The summed E-state index contributed by atoms with van der Waals surface area (Å²) in [6.45, 7) is 2.03. The first-order valence-corrected chi connectivity index (χ1v) is 10.7. The van der Waals surface area contributed by atoms with Crippen molar-refractivity contribution in [2.75, 3.05) is 19.5 Å². The van der Waals surface area contributed by atoms with Gasteiger partial charge in [0.25, 0.3) is 5.91 Å². The number of fused-ring (bicyclic) bond motifs is 1. The van der Waals surface area contributed by atoms with E-state index in [-0.39, 0.29) is 11.0 Å². The lowest BCUT2D eigenvalue weighted by atomic mass is 10.1. The Kier molecular flexibility index (Phi) is 6.55. The van der Waals surface area contributed by atoms with Gasteiger partial charge in [-0.1, -0.05) is 18.2 Å². The predicted octanol–water partition coefficient (Wildman–Crippen LogP) is 4.87. The predicted molar refractivity (Wildman–Crippen MR) is 131 cm³/mol. The van der Waals surface area contributed by atoms with Gasteiger partial charge in [0.05, 0.1) is 14.2 Å². The van der Waals surface area contributed by atoms with Crippen LogP contribution in [0.1, 0.15) is 27.4 Å². The second-order valence-electron chi connectivity index (χ2n) is 7.43. The van der Waals surface area contributed by atoms with E-state index in [1.807, 2.05) is 49.4 Å². The van der Waals surface area contributed by atoms with Crippen molar-refractivity contribution in [1.82, 2.24) is 10.3 Å². The molecule has 1 aromatic heterocycles. The third-order valence-corrected chi connectivity index (χ3v) is 5.23. The van der Waals surface area contributed by atoms with Crippen molar-refractivity contribution in [3.8, 4) is 11.5 Å². The Morgan fingerprint density at radius 1 is 1.00 bits per heavy atom.